The van der Waals surface area contributed by atoms with Gasteiger partial charge >= 0.3 is 12.0 Å². The van der Waals surface area contributed by atoms with Crippen LogP contribution in [0.4, 0.5) is 4.79 Å². The van der Waals surface area contributed by atoms with Crippen molar-refractivity contribution in [2.45, 2.75) is 31.3 Å². The first-order valence-corrected chi connectivity index (χ1v) is 6.36. The molecule has 1 aromatic heterocycles. The van der Waals surface area contributed by atoms with Gasteiger partial charge in [0, 0.05) is 0 Å². The lowest BCUT2D eigenvalue weighted by Gasteiger charge is -2.34. The van der Waals surface area contributed by atoms with E-state index in [1.54, 1.807) is 0 Å². The van der Waals surface area contributed by atoms with E-state index in [-0.39, 0.29) is 23.8 Å². The van der Waals surface area contributed by atoms with Gasteiger partial charge in [-0.2, -0.15) is 0 Å². The van der Waals surface area contributed by atoms with Crippen molar-refractivity contribution in [2.24, 2.45) is 0 Å². The van der Waals surface area contributed by atoms with E-state index in [2.05, 4.69) is 10.1 Å². The van der Waals surface area contributed by atoms with Crippen molar-refractivity contribution in [3.05, 3.63) is 23.7 Å². The number of methoxy groups -OCH3 is 1. The van der Waals surface area contributed by atoms with Crippen molar-refractivity contribution in [2.75, 3.05) is 7.11 Å². The molecule has 0 bridgehead atoms. The maximum atomic E-state index is 12.3. The Labute approximate surface area is 114 Å². The van der Waals surface area contributed by atoms with E-state index in [4.69, 9.17) is 4.42 Å². The number of ether oxygens (including phenoxy) is 1. The van der Waals surface area contributed by atoms with E-state index in [1.807, 2.05) is 0 Å². The molecule has 106 valence electrons. The van der Waals surface area contributed by atoms with E-state index in [1.165, 1.54) is 19.4 Å². The predicted molar refractivity (Wildman–Crippen MR) is 65.7 cm³/mol. The molecule has 1 aromatic rings. The number of hydrogen-bond donors (Lipinski definition) is 1. The number of esters is 1. The first-order chi connectivity index (χ1) is 9.57. The van der Waals surface area contributed by atoms with Gasteiger partial charge in [0.05, 0.1) is 19.9 Å². The minimum Gasteiger partial charge on any atom is -0.467 e. The Morgan fingerprint density at radius 1 is 1.50 bits per heavy atom. The van der Waals surface area contributed by atoms with Gasteiger partial charge in [-0.25, -0.2) is 9.59 Å². The van der Waals surface area contributed by atoms with Crippen molar-refractivity contribution in [1.29, 1.82) is 0 Å². The number of imide groups is 1. The Bertz CT molecular complexity index is 587. The van der Waals surface area contributed by atoms with Crippen molar-refractivity contribution in [1.82, 2.24) is 10.2 Å². The average Bonchev–Trinajstić information content (AvgIpc) is 2.95. The van der Waals surface area contributed by atoms with Crippen molar-refractivity contribution < 1.29 is 23.5 Å². The highest BCUT2D eigenvalue weighted by Gasteiger charge is 2.54. The van der Waals surface area contributed by atoms with Gasteiger partial charge in [0.25, 0.3) is 5.91 Å². The third kappa shape index (κ3) is 1.70. The molecule has 1 saturated carbocycles. The van der Waals surface area contributed by atoms with Crippen LogP contribution in [0.1, 0.15) is 35.4 Å². The van der Waals surface area contributed by atoms with Crippen LogP contribution < -0.4 is 5.32 Å². The minimum atomic E-state index is -0.727. The van der Waals surface area contributed by atoms with E-state index in [0.29, 0.717) is 12.8 Å². The predicted octanol–water partition coefficient (Wildman–Crippen LogP) is 1.04. The Morgan fingerprint density at radius 3 is 2.80 bits per heavy atom. The molecule has 1 aliphatic heterocycles. The highest BCUT2D eigenvalue weighted by Crippen LogP contribution is 2.37. The van der Waals surface area contributed by atoms with Gasteiger partial charge in [0.15, 0.2) is 0 Å². The molecule has 7 nitrogen and oxygen atoms in total. The minimum absolute atomic E-state index is 0.0656. The lowest BCUT2D eigenvalue weighted by molar-refractivity contribution is -0.134. The molecule has 7 heteroatoms. The van der Waals surface area contributed by atoms with Crippen LogP contribution in [0.15, 0.2) is 16.7 Å². The van der Waals surface area contributed by atoms with Crippen molar-refractivity contribution in [3.8, 4) is 0 Å². The molecule has 1 saturated heterocycles. The maximum Gasteiger partial charge on any atom is 0.341 e. The average molecular weight is 278 g/mol. The first-order valence-electron chi connectivity index (χ1n) is 6.36. The third-order valence-corrected chi connectivity index (χ3v) is 3.91. The molecule has 2 heterocycles. The van der Waals surface area contributed by atoms with E-state index in [9.17, 15) is 14.4 Å². The molecule has 2 fully saturated rings. The molecule has 1 aliphatic carbocycles. The summed E-state index contributed by atoms with van der Waals surface area (Å²) in [4.78, 5) is 36.8. The normalized spacial score (nSPS) is 19.9. The number of amides is 3. The van der Waals surface area contributed by atoms with Gasteiger partial charge in [-0.15, -0.1) is 0 Å². The van der Waals surface area contributed by atoms with Gasteiger partial charge in [0.2, 0.25) is 0 Å². The van der Waals surface area contributed by atoms with Gasteiger partial charge in [-0.1, -0.05) is 0 Å². The second-order valence-electron chi connectivity index (χ2n) is 5.01. The zero-order valence-electron chi connectivity index (χ0n) is 11.0. The van der Waals surface area contributed by atoms with Crippen LogP contribution in [0.2, 0.25) is 0 Å². The molecule has 0 atom stereocenters. The largest absolute Gasteiger partial charge is 0.467 e. The monoisotopic (exact) mass is 278 g/mol. The van der Waals surface area contributed by atoms with Gasteiger partial charge in [0.1, 0.15) is 16.9 Å². The molecule has 20 heavy (non-hydrogen) atoms. The summed E-state index contributed by atoms with van der Waals surface area (Å²) in [6.07, 6.45) is 3.58. The number of hydrogen-bond acceptors (Lipinski definition) is 5. The summed E-state index contributed by atoms with van der Waals surface area (Å²) >= 11 is 0. The molecular weight excluding hydrogens is 264 g/mol. The summed E-state index contributed by atoms with van der Waals surface area (Å²) in [6.45, 7) is -0.0656. The van der Waals surface area contributed by atoms with E-state index in [0.717, 1.165) is 11.3 Å². The van der Waals surface area contributed by atoms with Gasteiger partial charge in [-0.05, 0) is 25.3 Å². The van der Waals surface area contributed by atoms with Crippen LogP contribution in [0.5, 0.6) is 0 Å². The fourth-order valence-corrected chi connectivity index (χ4v) is 2.59. The molecule has 0 unspecified atom stereocenters. The molecule has 1 spiro atoms. The zero-order valence-corrected chi connectivity index (χ0v) is 11.0. The number of rotatable bonds is 3. The molecular formula is C13H14N2O5. The van der Waals surface area contributed by atoms with Crippen LogP contribution in [0.25, 0.3) is 0 Å². The summed E-state index contributed by atoms with van der Waals surface area (Å²) in [5, 5.41) is 2.72. The lowest BCUT2D eigenvalue weighted by Crippen LogP contribution is -2.52. The Kier molecular flexibility index (Phi) is 2.77. The first kappa shape index (κ1) is 12.7. The fraction of sp³-hybridized carbons (Fsp3) is 0.462. The molecule has 0 aromatic carbocycles. The number of carbonyl (C=O) groups excluding carboxylic acids is 3. The third-order valence-electron chi connectivity index (χ3n) is 3.91. The van der Waals surface area contributed by atoms with Crippen LogP contribution in [-0.2, 0) is 16.1 Å². The number of carbonyl (C=O) groups is 3. The summed E-state index contributed by atoms with van der Waals surface area (Å²) < 4.78 is 9.82. The summed E-state index contributed by atoms with van der Waals surface area (Å²) in [6, 6.07) is 1.01. The molecule has 2 aliphatic rings. The lowest BCUT2D eigenvalue weighted by atomic mass is 9.77. The SMILES string of the molecule is COC(=O)c1ccoc1CN1C(=O)NC2(CCC2)C1=O. The smallest absolute Gasteiger partial charge is 0.341 e. The van der Waals surface area contributed by atoms with Crippen LogP contribution in [-0.4, -0.2) is 35.5 Å². The van der Waals surface area contributed by atoms with Gasteiger partial charge in [-0.3, -0.25) is 9.69 Å². The quantitative estimate of drug-likeness (QED) is 0.659. The number of urea groups is 1. The Balaban J connectivity index is 1.82. The van der Waals surface area contributed by atoms with Crippen molar-refractivity contribution >= 4 is 17.9 Å². The molecule has 0 radical (unpaired) electrons. The van der Waals surface area contributed by atoms with Crippen LogP contribution >= 0.6 is 0 Å². The fourth-order valence-electron chi connectivity index (χ4n) is 2.59. The summed E-state index contributed by atoms with van der Waals surface area (Å²) in [7, 11) is 1.26. The summed E-state index contributed by atoms with van der Waals surface area (Å²) in [5.74, 6) is -0.558. The standard InChI is InChI=1S/C13H14N2O5/c1-19-10(16)8-3-6-20-9(8)7-15-11(17)13(4-2-5-13)14-12(15)18/h3,6H,2,4-5,7H2,1H3,(H,14,18). The summed E-state index contributed by atoms with van der Waals surface area (Å²) in [5.41, 5.74) is -0.502. The second kappa shape index (κ2) is 4.36. The zero-order chi connectivity index (χ0) is 14.3. The van der Waals surface area contributed by atoms with E-state index < -0.39 is 17.5 Å². The van der Waals surface area contributed by atoms with Crippen molar-refractivity contribution in [3.63, 3.8) is 0 Å². The second-order valence-corrected chi connectivity index (χ2v) is 5.01. The maximum absolute atomic E-state index is 12.3. The Hall–Kier alpha value is -2.31. The molecule has 3 amide bonds. The number of nitrogens with one attached hydrogen (secondary N) is 1. The van der Waals surface area contributed by atoms with Gasteiger partial charge < -0.3 is 14.5 Å². The van der Waals surface area contributed by atoms with E-state index >= 15 is 0 Å². The Morgan fingerprint density at radius 2 is 2.25 bits per heavy atom. The highest BCUT2D eigenvalue weighted by atomic mass is 16.5. The van der Waals surface area contributed by atoms with Crippen LogP contribution in [0, 0.1) is 0 Å². The topological polar surface area (TPSA) is 88.8 Å². The highest BCUT2D eigenvalue weighted by molar-refractivity contribution is 6.07. The number of nitrogens with zero attached hydrogens (tertiary/aromatic N) is 1. The van der Waals surface area contributed by atoms with Crippen LogP contribution in [0.3, 0.4) is 0 Å². The molecule has 1 N–H and O–H groups in total. The number of furan rings is 1. The molecule has 3 rings (SSSR count).